The Hall–Kier alpha value is -1.40. The molecule has 0 unspecified atom stereocenters. The normalized spacial score (nSPS) is 11.8. The molecule has 0 atom stereocenters. The van der Waals surface area contributed by atoms with Crippen LogP contribution in [0.5, 0.6) is 0 Å². The summed E-state index contributed by atoms with van der Waals surface area (Å²) in [6.45, 7) is 10.5. The van der Waals surface area contributed by atoms with Crippen LogP contribution < -0.4 is 10.6 Å². The molecule has 1 rings (SSSR count). The molecule has 0 aliphatic heterocycles. The highest BCUT2D eigenvalue weighted by atomic mass is 16.3. The van der Waals surface area contributed by atoms with E-state index < -0.39 is 6.04 Å². The number of hydrogen-bond donors (Lipinski definition) is 4. The second kappa shape index (κ2) is 6.85. The van der Waals surface area contributed by atoms with Gasteiger partial charge < -0.3 is 20.8 Å². The third-order valence-electron chi connectivity index (χ3n) is 2.94. The van der Waals surface area contributed by atoms with Gasteiger partial charge in [-0.05, 0) is 13.8 Å². The zero-order valence-corrected chi connectivity index (χ0v) is 13.0. The standard InChI is InChI=1S/C14H26N4O2/c1-6-15-11-9(2)12(16-10(7-19)8-20)18-13(17-11)14(3,4)5/h10,19-20H,6-8H2,1-5H3,(H2,15,16,17,18). The van der Waals surface area contributed by atoms with Crippen LogP contribution in [-0.2, 0) is 5.41 Å². The van der Waals surface area contributed by atoms with E-state index in [1.807, 2.05) is 34.6 Å². The summed E-state index contributed by atoms with van der Waals surface area (Å²) in [6, 6.07) is -0.425. The Morgan fingerprint density at radius 1 is 1.10 bits per heavy atom. The molecule has 0 saturated carbocycles. The second-order valence-electron chi connectivity index (χ2n) is 5.86. The van der Waals surface area contributed by atoms with E-state index in [1.165, 1.54) is 0 Å². The van der Waals surface area contributed by atoms with Gasteiger partial charge in [0.1, 0.15) is 17.5 Å². The zero-order chi connectivity index (χ0) is 15.3. The molecule has 114 valence electrons. The van der Waals surface area contributed by atoms with Crippen molar-refractivity contribution in [3.05, 3.63) is 11.4 Å². The van der Waals surface area contributed by atoms with Crippen molar-refractivity contribution < 1.29 is 10.2 Å². The third-order valence-corrected chi connectivity index (χ3v) is 2.94. The fourth-order valence-electron chi connectivity index (χ4n) is 1.67. The van der Waals surface area contributed by atoms with E-state index in [0.29, 0.717) is 5.82 Å². The molecule has 0 aliphatic rings. The molecule has 0 fully saturated rings. The first-order valence-corrected chi connectivity index (χ1v) is 6.94. The first-order chi connectivity index (χ1) is 9.33. The summed E-state index contributed by atoms with van der Waals surface area (Å²) in [4.78, 5) is 9.10. The Morgan fingerprint density at radius 2 is 1.65 bits per heavy atom. The lowest BCUT2D eigenvalue weighted by atomic mass is 9.95. The maximum Gasteiger partial charge on any atom is 0.138 e. The molecule has 0 aliphatic carbocycles. The molecular weight excluding hydrogens is 256 g/mol. The lowest BCUT2D eigenvalue weighted by molar-refractivity contribution is 0.203. The van der Waals surface area contributed by atoms with E-state index >= 15 is 0 Å². The molecule has 0 saturated heterocycles. The maximum absolute atomic E-state index is 9.20. The van der Waals surface area contributed by atoms with Crippen molar-refractivity contribution in [3.8, 4) is 0 Å². The zero-order valence-electron chi connectivity index (χ0n) is 13.0. The molecule has 4 N–H and O–H groups in total. The van der Waals surface area contributed by atoms with Crippen LogP contribution in [0.15, 0.2) is 0 Å². The van der Waals surface area contributed by atoms with Gasteiger partial charge in [0.25, 0.3) is 0 Å². The summed E-state index contributed by atoms with van der Waals surface area (Å²) in [5, 5.41) is 24.7. The number of aromatic nitrogens is 2. The molecule has 1 aromatic rings. The molecule has 1 aromatic heterocycles. The van der Waals surface area contributed by atoms with Crippen LogP contribution in [0.1, 0.15) is 39.1 Å². The predicted molar refractivity (Wildman–Crippen MR) is 81.2 cm³/mol. The number of nitrogens with zero attached hydrogens (tertiary/aromatic N) is 2. The lowest BCUT2D eigenvalue weighted by Crippen LogP contribution is -2.30. The van der Waals surface area contributed by atoms with Gasteiger partial charge in [0.2, 0.25) is 0 Å². The molecule has 20 heavy (non-hydrogen) atoms. The van der Waals surface area contributed by atoms with Crippen molar-refractivity contribution >= 4 is 11.6 Å². The van der Waals surface area contributed by atoms with Gasteiger partial charge in [-0.15, -0.1) is 0 Å². The average Bonchev–Trinajstić information content (AvgIpc) is 2.38. The molecule has 0 aromatic carbocycles. The maximum atomic E-state index is 9.20. The van der Waals surface area contributed by atoms with Gasteiger partial charge in [0.15, 0.2) is 0 Å². The Kier molecular flexibility index (Phi) is 5.71. The lowest BCUT2D eigenvalue weighted by Gasteiger charge is -2.23. The van der Waals surface area contributed by atoms with Gasteiger partial charge in [-0.1, -0.05) is 20.8 Å². The van der Waals surface area contributed by atoms with Gasteiger partial charge in [0.05, 0.1) is 19.3 Å². The summed E-state index contributed by atoms with van der Waals surface area (Å²) in [5.41, 5.74) is 0.703. The number of nitrogens with one attached hydrogen (secondary N) is 2. The highest BCUT2D eigenvalue weighted by Gasteiger charge is 2.22. The minimum atomic E-state index is -0.425. The Balaban J connectivity index is 3.23. The number of aliphatic hydroxyl groups is 2. The average molecular weight is 282 g/mol. The number of anilines is 2. The van der Waals surface area contributed by atoms with Crippen molar-refractivity contribution in [1.82, 2.24) is 9.97 Å². The molecular formula is C14H26N4O2. The van der Waals surface area contributed by atoms with Gasteiger partial charge in [-0.2, -0.15) is 0 Å². The molecule has 6 nitrogen and oxygen atoms in total. The Bertz CT molecular complexity index is 440. The van der Waals surface area contributed by atoms with Gasteiger partial charge in [-0.3, -0.25) is 0 Å². The number of aliphatic hydroxyl groups excluding tert-OH is 2. The third kappa shape index (κ3) is 4.05. The summed E-state index contributed by atoms with van der Waals surface area (Å²) in [6.07, 6.45) is 0. The van der Waals surface area contributed by atoms with Crippen LogP contribution in [0.2, 0.25) is 0 Å². The highest BCUT2D eigenvalue weighted by molar-refractivity contribution is 5.58. The van der Waals surface area contributed by atoms with Crippen molar-refractivity contribution in [3.63, 3.8) is 0 Å². The first kappa shape index (κ1) is 16.7. The minimum absolute atomic E-state index is 0.151. The van der Waals surface area contributed by atoms with Crippen LogP contribution in [0.4, 0.5) is 11.6 Å². The van der Waals surface area contributed by atoms with Crippen molar-refractivity contribution in [2.24, 2.45) is 0 Å². The van der Waals surface area contributed by atoms with Gasteiger partial charge >= 0.3 is 0 Å². The Morgan fingerprint density at radius 3 is 2.10 bits per heavy atom. The predicted octanol–water partition coefficient (Wildman–Crippen LogP) is 1.28. The largest absolute Gasteiger partial charge is 0.394 e. The molecule has 6 heteroatoms. The minimum Gasteiger partial charge on any atom is -0.394 e. The van der Waals surface area contributed by atoms with Gasteiger partial charge in [0, 0.05) is 17.5 Å². The van der Waals surface area contributed by atoms with E-state index in [2.05, 4.69) is 20.6 Å². The van der Waals surface area contributed by atoms with E-state index in [9.17, 15) is 10.2 Å². The van der Waals surface area contributed by atoms with E-state index in [1.54, 1.807) is 0 Å². The van der Waals surface area contributed by atoms with Crippen molar-refractivity contribution in [1.29, 1.82) is 0 Å². The van der Waals surface area contributed by atoms with E-state index in [-0.39, 0.29) is 18.6 Å². The summed E-state index contributed by atoms with van der Waals surface area (Å²) < 4.78 is 0. The number of hydrogen-bond acceptors (Lipinski definition) is 6. The highest BCUT2D eigenvalue weighted by Crippen LogP contribution is 2.26. The quantitative estimate of drug-likeness (QED) is 0.628. The van der Waals surface area contributed by atoms with Crippen LogP contribution in [0, 0.1) is 6.92 Å². The second-order valence-corrected chi connectivity index (χ2v) is 5.86. The van der Waals surface area contributed by atoms with Crippen LogP contribution in [-0.4, -0.2) is 46.0 Å². The van der Waals surface area contributed by atoms with Crippen LogP contribution in [0.25, 0.3) is 0 Å². The van der Waals surface area contributed by atoms with Crippen molar-refractivity contribution in [2.45, 2.75) is 46.1 Å². The summed E-state index contributed by atoms with van der Waals surface area (Å²) >= 11 is 0. The molecule has 0 amide bonds. The van der Waals surface area contributed by atoms with E-state index in [0.717, 1.165) is 23.8 Å². The van der Waals surface area contributed by atoms with Gasteiger partial charge in [-0.25, -0.2) is 9.97 Å². The van der Waals surface area contributed by atoms with E-state index in [4.69, 9.17) is 0 Å². The smallest absolute Gasteiger partial charge is 0.138 e. The SMILES string of the molecule is CCNc1nc(C(C)(C)C)nc(NC(CO)CO)c1C. The molecule has 0 bridgehead atoms. The topological polar surface area (TPSA) is 90.3 Å². The van der Waals surface area contributed by atoms with Crippen LogP contribution >= 0.6 is 0 Å². The first-order valence-electron chi connectivity index (χ1n) is 6.94. The van der Waals surface area contributed by atoms with Crippen LogP contribution in [0.3, 0.4) is 0 Å². The Labute approximate surface area is 120 Å². The molecule has 0 spiro atoms. The summed E-state index contributed by atoms with van der Waals surface area (Å²) in [7, 11) is 0. The molecule has 0 radical (unpaired) electrons. The monoisotopic (exact) mass is 282 g/mol. The van der Waals surface area contributed by atoms with Crippen molar-refractivity contribution in [2.75, 3.05) is 30.4 Å². The fraction of sp³-hybridized carbons (Fsp3) is 0.714. The molecule has 1 heterocycles. The fourth-order valence-corrected chi connectivity index (χ4v) is 1.67. The summed E-state index contributed by atoms with van der Waals surface area (Å²) in [5.74, 6) is 2.15. The number of rotatable bonds is 6.